The molecule has 1 heterocycles. The average Bonchev–Trinajstić information content (AvgIpc) is 2.50. The summed E-state index contributed by atoms with van der Waals surface area (Å²) in [5.41, 5.74) is 0. The molecule has 22 heavy (non-hydrogen) atoms. The summed E-state index contributed by atoms with van der Waals surface area (Å²) in [7, 11) is 0. The summed E-state index contributed by atoms with van der Waals surface area (Å²) < 4.78 is 10.1. The van der Waals surface area contributed by atoms with Gasteiger partial charge in [0.1, 0.15) is 42.7 Å². The van der Waals surface area contributed by atoms with Crippen LogP contribution in [0.4, 0.5) is 0 Å². The lowest BCUT2D eigenvalue weighted by Gasteiger charge is -2.41. The Morgan fingerprint density at radius 2 is 1.73 bits per heavy atom. The Bertz CT molecular complexity index is 349. The second-order valence-corrected chi connectivity index (χ2v) is 5.16. The molecule has 10 heteroatoms. The van der Waals surface area contributed by atoms with Crippen LogP contribution in [0.2, 0.25) is 0 Å². The molecule has 0 saturated carbocycles. The highest BCUT2D eigenvalue weighted by molar-refractivity contribution is 5.56. The fourth-order valence-corrected chi connectivity index (χ4v) is 2.05. The molecule has 1 aliphatic rings. The van der Waals surface area contributed by atoms with Gasteiger partial charge in [-0.2, -0.15) is 0 Å². The van der Waals surface area contributed by atoms with Crippen LogP contribution >= 0.6 is 0 Å². The van der Waals surface area contributed by atoms with E-state index in [1.54, 1.807) is 0 Å². The van der Waals surface area contributed by atoms with Crippen molar-refractivity contribution < 1.29 is 50.0 Å². The van der Waals surface area contributed by atoms with Crippen LogP contribution in [0.3, 0.4) is 0 Å². The van der Waals surface area contributed by atoms with Crippen molar-refractivity contribution in [2.24, 2.45) is 0 Å². The molecule has 1 fully saturated rings. The summed E-state index contributed by atoms with van der Waals surface area (Å²) >= 11 is 0. The van der Waals surface area contributed by atoms with Gasteiger partial charge in [-0.25, -0.2) is 0 Å². The van der Waals surface area contributed by atoms with Gasteiger partial charge in [-0.05, 0) is 6.92 Å². The number of aliphatic hydroxyl groups excluding tert-OH is 7. The van der Waals surface area contributed by atoms with E-state index in [-0.39, 0.29) is 6.29 Å². The smallest absolute Gasteiger partial charge is 0.187 e. The van der Waals surface area contributed by atoms with E-state index >= 15 is 0 Å². The van der Waals surface area contributed by atoms with Gasteiger partial charge in [-0.1, -0.05) is 0 Å². The molecule has 0 unspecified atom stereocenters. The van der Waals surface area contributed by atoms with E-state index in [4.69, 9.17) is 14.6 Å². The quantitative estimate of drug-likeness (QED) is 0.225. The fourth-order valence-electron chi connectivity index (χ4n) is 2.05. The van der Waals surface area contributed by atoms with Gasteiger partial charge < -0.3 is 50.0 Å². The lowest BCUT2D eigenvalue weighted by atomic mass is 9.98. The monoisotopic (exact) mass is 326 g/mol. The highest BCUT2D eigenvalue weighted by Gasteiger charge is 2.46. The van der Waals surface area contributed by atoms with Gasteiger partial charge >= 0.3 is 0 Å². The molecule has 0 aliphatic carbocycles. The molecule has 130 valence electrons. The van der Waals surface area contributed by atoms with Crippen molar-refractivity contribution in [3.63, 3.8) is 0 Å². The van der Waals surface area contributed by atoms with Crippen LogP contribution in [0, 0.1) is 0 Å². The van der Waals surface area contributed by atoms with Gasteiger partial charge in [-0.15, -0.1) is 0 Å². The van der Waals surface area contributed by atoms with Gasteiger partial charge in [0.05, 0.1) is 12.7 Å². The number of carbonyl (C=O) groups is 1. The molecule has 0 amide bonds. The van der Waals surface area contributed by atoms with Crippen LogP contribution in [0.15, 0.2) is 0 Å². The number of carbonyl (C=O) groups excluding carboxylic acids is 1. The molecule has 0 spiro atoms. The average molecular weight is 326 g/mol. The van der Waals surface area contributed by atoms with Gasteiger partial charge in [0.25, 0.3) is 0 Å². The van der Waals surface area contributed by atoms with E-state index < -0.39 is 61.7 Å². The summed E-state index contributed by atoms with van der Waals surface area (Å²) in [4.78, 5) is 10.7. The second kappa shape index (κ2) is 8.24. The summed E-state index contributed by atoms with van der Waals surface area (Å²) in [6.45, 7) is 0.497. The minimum Gasteiger partial charge on any atom is -0.394 e. The van der Waals surface area contributed by atoms with Crippen molar-refractivity contribution in [1.82, 2.24) is 0 Å². The van der Waals surface area contributed by atoms with Crippen molar-refractivity contribution >= 4 is 6.29 Å². The third-order valence-corrected chi connectivity index (χ3v) is 3.45. The molecule has 0 aromatic rings. The number of aldehydes is 1. The Hall–Kier alpha value is -0.690. The van der Waals surface area contributed by atoms with Crippen molar-refractivity contribution in [1.29, 1.82) is 0 Å². The summed E-state index contributed by atoms with van der Waals surface area (Å²) in [5, 5.41) is 66.7. The molecule has 10 nitrogen and oxygen atoms in total. The van der Waals surface area contributed by atoms with E-state index in [9.17, 15) is 35.4 Å². The maximum atomic E-state index is 10.7. The van der Waals surface area contributed by atoms with Crippen LogP contribution < -0.4 is 0 Å². The lowest BCUT2D eigenvalue weighted by molar-refractivity contribution is -0.324. The van der Waals surface area contributed by atoms with E-state index in [1.807, 2.05) is 0 Å². The molecule has 7 N–H and O–H groups in total. The molecule has 0 bridgehead atoms. The molecule has 0 radical (unpaired) electrons. The molecule has 0 aromatic heterocycles. The first-order valence-electron chi connectivity index (χ1n) is 6.70. The summed E-state index contributed by atoms with van der Waals surface area (Å²) in [6.07, 6.45) is -14.5. The highest BCUT2D eigenvalue weighted by Crippen LogP contribution is 2.24. The SMILES string of the molecule is C[C@H](O)[C@H](O)[C@@H](O[C@@H]1O[C@H](CO)[C@@H](O)[C@H](O)[C@H]1O)[C@@H](O)C=O. The first-order chi connectivity index (χ1) is 10.2. The molecular weight excluding hydrogens is 304 g/mol. The first-order valence-corrected chi connectivity index (χ1v) is 6.70. The number of ether oxygens (including phenoxy) is 2. The minimum absolute atomic E-state index is 0.0558. The Kier molecular flexibility index (Phi) is 7.25. The van der Waals surface area contributed by atoms with E-state index in [1.165, 1.54) is 6.92 Å². The largest absolute Gasteiger partial charge is 0.394 e. The Morgan fingerprint density at radius 1 is 1.14 bits per heavy atom. The number of hydrogen-bond acceptors (Lipinski definition) is 10. The first kappa shape index (κ1) is 19.4. The molecule has 0 aromatic carbocycles. The molecule has 1 saturated heterocycles. The molecular formula is C12H22O10. The Labute approximate surface area is 126 Å². The van der Waals surface area contributed by atoms with Gasteiger partial charge in [0.2, 0.25) is 0 Å². The zero-order valence-electron chi connectivity index (χ0n) is 11.8. The fraction of sp³-hybridized carbons (Fsp3) is 0.917. The lowest BCUT2D eigenvalue weighted by Crippen LogP contribution is -2.61. The van der Waals surface area contributed by atoms with Crippen molar-refractivity contribution in [2.75, 3.05) is 6.61 Å². The third kappa shape index (κ3) is 4.19. The van der Waals surface area contributed by atoms with E-state index in [2.05, 4.69) is 0 Å². The van der Waals surface area contributed by atoms with Crippen LogP contribution in [0.25, 0.3) is 0 Å². The number of hydrogen-bond donors (Lipinski definition) is 7. The van der Waals surface area contributed by atoms with Crippen LogP contribution in [-0.2, 0) is 14.3 Å². The normalized spacial score (nSPS) is 38.1. The van der Waals surface area contributed by atoms with Crippen molar-refractivity contribution in [3.05, 3.63) is 0 Å². The second-order valence-electron chi connectivity index (χ2n) is 5.16. The summed E-state index contributed by atoms with van der Waals surface area (Å²) in [6, 6.07) is 0. The maximum absolute atomic E-state index is 10.7. The van der Waals surface area contributed by atoms with Crippen LogP contribution in [-0.4, -0.2) is 104 Å². The minimum atomic E-state index is -1.84. The predicted molar refractivity (Wildman–Crippen MR) is 68.4 cm³/mol. The van der Waals surface area contributed by atoms with Crippen LogP contribution in [0.5, 0.6) is 0 Å². The van der Waals surface area contributed by atoms with Gasteiger partial charge in [0, 0.05) is 0 Å². The molecule has 9 atom stereocenters. The number of rotatable bonds is 7. The molecule has 1 rings (SSSR count). The highest BCUT2D eigenvalue weighted by atomic mass is 16.7. The van der Waals surface area contributed by atoms with Gasteiger partial charge in [0.15, 0.2) is 12.6 Å². The predicted octanol–water partition coefficient (Wildman–Crippen LogP) is -4.53. The van der Waals surface area contributed by atoms with E-state index in [0.717, 1.165) is 0 Å². The third-order valence-electron chi connectivity index (χ3n) is 3.45. The standard InChI is InChI=1S/C12H22O10/c1-4(15)7(17)11(5(16)2-13)22-12-10(20)9(19)8(18)6(3-14)21-12/h2,4-12,14-20H,3H2,1H3/t4-,5-,6+,7-,8+,9-,10+,11-,12-/m0/s1. The topological polar surface area (TPSA) is 177 Å². The van der Waals surface area contributed by atoms with Crippen molar-refractivity contribution in [3.8, 4) is 0 Å². The Morgan fingerprint density at radius 3 is 2.18 bits per heavy atom. The maximum Gasteiger partial charge on any atom is 0.187 e. The summed E-state index contributed by atoms with van der Waals surface area (Å²) in [5.74, 6) is 0. The number of aliphatic hydroxyl groups is 7. The Balaban J connectivity index is 2.89. The van der Waals surface area contributed by atoms with Crippen molar-refractivity contribution in [2.45, 2.75) is 62.0 Å². The molecule has 1 aliphatic heterocycles. The van der Waals surface area contributed by atoms with Crippen LogP contribution in [0.1, 0.15) is 6.92 Å². The zero-order chi connectivity index (χ0) is 17.0. The van der Waals surface area contributed by atoms with Gasteiger partial charge in [-0.3, -0.25) is 0 Å². The van der Waals surface area contributed by atoms with E-state index in [0.29, 0.717) is 0 Å². The zero-order valence-corrected chi connectivity index (χ0v) is 11.8.